The van der Waals surface area contributed by atoms with Crippen LogP contribution >= 0.6 is 11.6 Å². The lowest BCUT2D eigenvalue weighted by Gasteiger charge is -2.09. The Hall–Kier alpha value is -1.54. The Labute approximate surface area is 114 Å². The first-order valence-corrected chi connectivity index (χ1v) is 6.27. The summed E-state index contributed by atoms with van der Waals surface area (Å²) in [5, 5.41) is 0.436. The van der Waals surface area contributed by atoms with Crippen molar-refractivity contribution < 1.29 is 4.74 Å². The van der Waals surface area contributed by atoms with E-state index in [0.29, 0.717) is 5.17 Å². The minimum absolute atomic E-state index is 0.436. The highest BCUT2D eigenvalue weighted by molar-refractivity contribution is 6.70. The normalized spacial score (nSPS) is 21.9. The van der Waals surface area contributed by atoms with Crippen molar-refractivity contribution in [1.82, 2.24) is 0 Å². The summed E-state index contributed by atoms with van der Waals surface area (Å²) >= 11 is 6.25. The first kappa shape index (κ1) is 14.5. The highest BCUT2D eigenvalue weighted by Gasteiger charge is 2.17. The zero-order valence-electron chi connectivity index (χ0n) is 11.2. The van der Waals surface area contributed by atoms with Gasteiger partial charge in [-0.15, -0.1) is 0 Å². The van der Waals surface area contributed by atoms with Crippen molar-refractivity contribution in [1.29, 1.82) is 0 Å². The molecule has 18 heavy (non-hydrogen) atoms. The Morgan fingerprint density at radius 3 is 2.44 bits per heavy atom. The number of hydrogen-bond acceptors (Lipinski definition) is 2. The highest BCUT2D eigenvalue weighted by atomic mass is 35.5. The van der Waals surface area contributed by atoms with Crippen LogP contribution in [0.4, 0.5) is 0 Å². The van der Waals surface area contributed by atoms with Crippen LogP contribution in [0.1, 0.15) is 27.7 Å². The number of allylic oxidation sites excluding steroid dienone is 8. The van der Waals surface area contributed by atoms with Crippen LogP contribution in [0.3, 0.4) is 0 Å². The van der Waals surface area contributed by atoms with Gasteiger partial charge in [-0.1, -0.05) is 29.8 Å². The first-order chi connectivity index (χ1) is 8.63. The fourth-order valence-electron chi connectivity index (χ4n) is 1.49. The molecule has 0 N–H and O–H groups in total. The van der Waals surface area contributed by atoms with Crippen molar-refractivity contribution in [2.24, 2.45) is 4.99 Å². The van der Waals surface area contributed by atoms with Gasteiger partial charge in [0.05, 0.1) is 5.57 Å². The van der Waals surface area contributed by atoms with Crippen molar-refractivity contribution in [3.05, 3.63) is 59.2 Å². The zero-order chi connectivity index (χ0) is 13.5. The van der Waals surface area contributed by atoms with E-state index in [-0.39, 0.29) is 0 Å². The highest BCUT2D eigenvalue weighted by Crippen LogP contribution is 2.26. The lowest BCUT2D eigenvalue weighted by molar-refractivity contribution is 0.316. The molecule has 0 aromatic carbocycles. The summed E-state index contributed by atoms with van der Waals surface area (Å²) in [5.74, 6) is 1.46. The molecule has 0 aromatic heterocycles. The third-order valence-electron chi connectivity index (χ3n) is 2.37. The molecule has 0 aromatic rings. The maximum atomic E-state index is 6.25. The molecular weight excluding hydrogens is 246 g/mol. The largest absolute Gasteiger partial charge is 0.459 e. The molecule has 3 heteroatoms. The van der Waals surface area contributed by atoms with Crippen LogP contribution in [0, 0.1) is 0 Å². The Morgan fingerprint density at radius 1 is 1.17 bits per heavy atom. The van der Waals surface area contributed by atoms with Crippen LogP contribution in [0.2, 0.25) is 0 Å². The average Bonchev–Trinajstić information content (AvgIpc) is 2.46. The van der Waals surface area contributed by atoms with Crippen LogP contribution in [-0.2, 0) is 4.74 Å². The summed E-state index contributed by atoms with van der Waals surface area (Å²) in [6.07, 6.45) is 11.4. The molecule has 0 spiro atoms. The molecule has 1 rings (SSSR count). The summed E-state index contributed by atoms with van der Waals surface area (Å²) < 4.78 is 5.79. The monoisotopic (exact) mass is 263 g/mol. The van der Waals surface area contributed by atoms with Gasteiger partial charge in [0.15, 0.2) is 0 Å². The van der Waals surface area contributed by atoms with E-state index in [2.05, 4.69) is 4.99 Å². The quantitative estimate of drug-likeness (QED) is 0.697. The fourth-order valence-corrected chi connectivity index (χ4v) is 1.74. The van der Waals surface area contributed by atoms with Gasteiger partial charge < -0.3 is 4.74 Å². The molecule has 0 atom stereocenters. The maximum Gasteiger partial charge on any atom is 0.140 e. The number of hydrogen-bond donors (Lipinski definition) is 0. The summed E-state index contributed by atoms with van der Waals surface area (Å²) in [4.78, 5) is 4.39. The minimum atomic E-state index is 0.436. The number of rotatable bonds is 2. The van der Waals surface area contributed by atoms with Gasteiger partial charge in [-0.2, -0.15) is 0 Å². The van der Waals surface area contributed by atoms with Crippen LogP contribution in [0.25, 0.3) is 0 Å². The predicted molar refractivity (Wildman–Crippen MR) is 78.5 cm³/mol. The van der Waals surface area contributed by atoms with E-state index in [1.165, 1.54) is 0 Å². The van der Waals surface area contributed by atoms with Crippen molar-refractivity contribution in [3.8, 4) is 0 Å². The summed E-state index contributed by atoms with van der Waals surface area (Å²) in [5.41, 5.74) is 1.53. The smallest absolute Gasteiger partial charge is 0.140 e. The van der Waals surface area contributed by atoms with Gasteiger partial charge in [0, 0.05) is 0 Å². The van der Waals surface area contributed by atoms with Gasteiger partial charge >= 0.3 is 0 Å². The van der Waals surface area contributed by atoms with E-state index in [9.17, 15) is 0 Å². The predicted octanol–water partition coefficient (Wildman–Crippen LogP) is 4.87. The van der Waals surface area contributed by atoms with E-state index in [1.807, 2.05) is 64.2 Å². The maximum absolute atomic E-state index is 6.25. The first-order valence-electron chi connectivity index (χ1n) is 5.89. The second-order valence-electron chi connectivity index (χ2n) is 3.71. The number of aliphatic imine (C=N–C) groups is 1. The molecule has 0 unspecified atom stereocenters. The number of nitrogens with zero attached hydrogens (tertiary/aromatic N) is 1. The fraction of sp³-hybridized carbons (Fsp3) is 0.267. The molecule has 0 saturated carbocycles. The Morgan fingerprint density at radius 2 is 1.89 bits per heavy atom. The standard InChI is InChI=1S/C15H18ClNO/c1-5-8-10-12-14(7-3)18-11(4)13(9-6-2)17-15(12)16/h5-10H,1-4H3/b8-5-,9-6-,12-10+,14-7+. The molecular formula is C15H18ClNO. The lowest BCUT2D eigenvalue weighted by atomic mass is 10.2. The summed E-state index contributed by atoms with van der Waals surface area (Å²) in [7, 11) is 0. The molecule has 0 saturated heterocycles. The van der Waals surface area contributed by atoms with Gasteiger partial charge in [0.2, 0.25) is 0 Å². The van der Waals surface area contributed by atoms with Gasteiger partial charge in [0.1, 0.15) is 22.4 Å². The lowest BCUT2D eigenvalue weighted by Crippen LogP contribution is -1.98. The molecule has 1 aliphatic heterocycles. The Kier molecular flexibility index (Phi) is 5.66. The molecule has 0 radical (unpaired) electrons. The molecule has 1 aliphatic rings. The van der Waals surface area contributed by atoms with E-state index in [4.69, 9.17) is 16.3 Å². The molecule has 1 heterocycles. The van der Waals surface area contributed by atoms with E-state index < -0.39 is 0 Å². The Balaban J connectivity index is 3.32. The summed E-state index contributed by atoms with van der Waals surface area (Å²) in [6, 6.07) is 0. The SMILES string of the molecule is C\C=C/C=C1/C(Cl)=NC(/C=C\C)=C(C)O/C1=C/C. The van der Waals surface area contributed by atoms with Gasteiger partial charge in [0.25, 0.3) is 0 Å². The van der Waals surface area contributed by atoms with E-state index in [0.717, 1.165) is 22.8 Å². The Bertz CT molecular complexity index is 491. The number of ether oxygens (including phenoxy) is 1. The molecule has 0 bridgehead atoms. The third kappa shape index (κ3) is 3.47. The van der Waals surface area contributed by atoms with E-state index in [1.54, 1.807) is 0 Å². The van der Waals surface area contributed by atoms with Gasteiger partial charge in [-0.3, -0.25) is 0 Å². The topological polar surface area (TPSA) is 21.6 Å². The molecule has 0 amide bonds. The van der Waals surface area contributed by atoms with Crippen molar-refractivity contribution in [2.75, 3.05) is 0 Å². The van der Waals surface area contributed by atoms with Crippen LogP contribution in [0.15, 0.2) is 64.2 Å². The van der Waals surface area contributed by atoms with Gasteiger partial charge in [-0.05, 0) is 45.9 Å². The third-order valence-corrected chi connectivity index (χ3v) is 2.66. The van der Waals surface area contributed by atoms with E-state index >= 15 is 0 Å². The van der Waals surface area contributed by atoms with Crippen LogP contribution < -0.4 is 0 Å². The average molecular weight is 264 g/mol. The van der Waals surface area contributed by atoms with Gasteiger partial charge in [-0.25, -0.2) is 4.99 Å². The van der Waals surface area contributed by atoms with Crippen LogP contribution in [-0.4, -0.2) is 5.17 Å². The zero-order valence-corrected chi connectivity index (χ0v) is 12.0. The van der Waals surface area contributed by atoms with Crippen molar-refractivity contribution in [3.63, 3.8) is 0 Å². The summed E-state index contributed by atoms with van der Waals surface area (Å²) in [6.45, 7) is 7.67. The van der Waals surface area contributed by atoms with Crippen molar-refractivity contribution in [2.45, 2.75) is 27.7 Å². The molecule has 0 fully saturated rings. The minimum Gasteiger partial charge on any atom is -0.459 e. The number of halogens is 1. The van der Waals surface area contributed by atoms with Crippen LogP contribution in [0.5, 0.6) is 0 Å². The molecule has 0 aliphatic carbocycles. The molecule has 96 valence electrons. The molecule has 2 nitrogen and oxygen atoms in total. The second kappa shape index (κ2) is 7.02. The van der Waals surface area contributed by atoms with Crippen molar-refractivity contribution >= 4 is 16.8 Å². The second-order valence-corrected chi connectivity index (χ2v) is 4.06.